The molecule has 5 nitrogen and oxygen atoms in total. The van der Waals surface area contributed by atoms with Gasteiger partial charge in [-0.3, -0.25) is 9.79 Å². The van der Waals surface area contributed by atoms with Crippen molar-refractivity contribution in [1.29, 1.82) is 0 Å². The third-order valence-corrected chi connectivity index (χ3v) is 2.73. The Bertz CT molecular complexity index is 492. The highest BCUT2D eigenvalue weighted by Gasteiger charge is 2.13. The normalized spacial score (nSPS) is 11.4. The van der Waals surface area contributed by atoms with Gasteiger partial charge in [-0.25, -0.2) is 0 Å². The van der Waals surface area contributed by atoms with Crippen LogP contribution >= 0.6 is 24.0 Å². The van der Waals surface area contributed by atoms with Gasteiger partial charge in [0.2, 0.25) is 5.91 Å². The minimum Gasteiger partial charge on any atom is -0.352 e. The van der Waals surface area contributed by atoms with E-state index in [1.807, 2.05) is 20.8 Å². The minimum absolute atomic E-state index is 0. The molecule has 0 radical (unpaired) electrons. The summed E-state index contributed by atoms with van der Waals surface area (Å²) in [5.74, 6) is 0.556. The van der Waals surface area contributed by atoms with Crippen LogP contribution in [-0.2, 0) is 11.3 Å². The number of halogens is 1. The zero-order valence-corrected chi connectivity index (χ0v) is 16.3. The highest BCUT2D eigenvalue weighted by molar-refractivity contribution is 14.0. The van der Waals surface area contributed by atoms with E-state index in [0.717, 1.165) is 0 Å². The van der Waals surface area contributed by atoms with Crippen LogP contribution in [0.5, 0.6) is 0 Å². The average Bonchev–Trinajstić information content (AvgIpc) is 2.39. The molecule has 6 heteroatoms. The average molecular weight is 418 g/mol. The molecule has 0 spiro atoms. The summed E-state index contributed by atoms with van der Waals surface area (Å²) in [6.45, 7) is 8.79. The molecule has 1 aromatic rings. The lowest BCUT2D eigenvalue weighted by atomic mass is 10.1. The lowest BCUT2D eigenvalue weighted by Crippen LogP contribution is -2.48. The van der Waals surface area contributed by atoms with Gasteiger partial charge in [-0.05, 0) is 33.3 Å². The third-order valence-electron chi connectivity index (χ3n) is 2.73. The van der Waals surface area contributed by atoms with Crippen LogP contribution < -0.4 is 16.0 Å². The number of guanidine groups is 1. The molecule has 3 N–H and O–H groups in total. The lowest BCUT2D eigenvalue weighted by Gasteiger charge is -2.21. The molecule has 22 heavy (non-hydrogen) atoms. The predicted molar refractivity (Wildman–Crippen MR) is 103 cm³/mol. The van der Waals surface area contributed by atoms with Crippen LogP contribution in [0.15, 0.2) is 29.3 Å². The maximum Gasteiger partial charge on any atom is 0.239 e. The summed E-state index contributed by atoms with van der Waals surface area (Å²) in [6.07, 6.45) is 0. The first-order chi connectivity index (χ1) is 9.80. The molecule has 0 saturated heterocycles. The largest absolute Gasteiger partial charge is 0.352 e. The van der Waals surface area contributed by atoms with Gasteiger partial charge < -0.3 is 16.0 Å². The molecule has 0 aliphatic heterocycles. The SMILES string of the molecule is CN=C(NCC(=O)NC(C)(C)C)NCc1ccc(C)cc1.I. The maximum absolute atomic E-state index is 11.7. The van der Waals surface area contributed by atoms with Crippen LogP contribution in [-0.4, -0.2) is 31.0 Å². The number of nitrogens with zero attached hydrogens (tertiary/aromatic N) is 1. The van der Waals surface area contributed by atoms with Crippen molar-refractivity contribution in [2.45, 2.75) is 39.8 Å². The minimum atomic E-state index is -0.225. The molecule has 0 fully saturated rings. The van der Waals surface area contributed by atoms with Crippen molar-refractivity contribution < 1.29 is 4.79 Å². The van der Waals surface area contributed by atoms with Gasteiger partial charge in [-0.1, -0.05) is 29.8 Å². The highest BCUT2D eigenvalue weighted by atomic mass is 127. The highest BCUT2D eigenvalue weighted by Crippen LogP contribution is 2.02. The number of carbonyl (C=O) groups excluding carboxylic acids is 1. The summed E-state index contributed by atoms with van der Waals surface area (Å²) in [6, 6.07) is 8.29. The first-order valence-electron chi connectivity index (χ1n) is 7.11. The monoisotopic (exact) mass is 418 g/mol. The van der Waals surface area contributed by atoms with Crippen LogP contribution in [0.25, 0.3) is 0 Å². The van der Waals surface area contributed by atoms with E-state index in [1.54, 1.807) is 7.05 Å². The van der Waals surface area contributed by atoms with Gasteiger partial charge in [0.15, 0.2) is 5.96 Å². The summed E-state index contributed by atoms with van der Waals surface area (Å²) in [7, 11) is 1.69. The number of hydrogen-bond donors (Lipinski definition) is 3. The second-order valence-electron chi connectivity index (χ2n) is 6.06. The van der Waals surface area contributed by atoms with Crippen LogP contribution in [0.1, 0.15) is 31.9 Å². The lowest BCUT2D eigenvalue weighted by molar-refractivity contribution is -0.121. The number of amides is 1. The van der Waals surface area contributed by atoms with E-state index in [-0.39, 0.29) is 42.0 Å². The molecule has 0 aromatic heterocycles. The Morgan fingerprint density at radius 1 is 1.14 bits per heavy atom. The quantitative estimate of drug-likeness (QED) is 0.399. The zero-order chi connectivity index (χ0) is 15.9. The summed E-state index contributed by atoms with van der Waals surface area (Å²) in [5.41, 5.74) is 2.18. The molecule has 0 aliphatic carbocycles. The fourth-order valence-electron chi connectivity index (χ4n) is 1.74. The number of benzene rings is 1. The Balaban J connectivity index is 0.00000441. The van der Waals surface area contributed by atoms with Crippen LogP contribution in [0.2, 0.25) is 0 Å². The Morgan fingerprint density at radius 3 is 2.23 bits per heavy atom. The molecule has 0 unspecified atom stereocenters. The van der Waals surface area contributed by atoms with E-state index < -0.39 is 0 Å². The van der Waals surface area contributed by atoms with E-state index >= 15 is 0 Å². The summed E-state index contributed by atoms with van der Waals surface area (Å²) < 4.78 is 0. The smallest absolute Gasteiger partial charge is 0.239 e. The Labute approximate surface area is 150 Å². The maximum atomic E-state index is 11.7. The second kappa shape index (κ2) is 9.66. The van der Waals surface area contributed by atoms with E-state index in [0.29, 0.717) is 12.5 Å². The number of aliphatic imine (C=N–C) groups is 1. The molecular formula is C16H27IN4O. The Kier molecular flexibility index (Phi) is 9.08. The molecular weight excluding hydrogens is 391 g/mol. The van der Waals surface area contributed by atoms with Crippen molar-refractivity contribution in [3.05, 3.63) is 35.4 Å². The summed E-state index contributed by atoms with van der Waals surface area (Å²) in [5, 5.41) is 9.08. The van der Waals surface area contributed by atoms with Gasteiger partial charge in [0, 0.05) is 19.1 Å². The summed E-state index contributed by atoms with van der Waals surface area (Å²) >= 11 is 0. The van der Waals surface area contributed by atoms with Crippen LogP contribution in [0.3, 0.4) is 0 Å². The topological polar surface area (TPSA) is 65.5 Å². The van der Waals surface area contributed by atoms with Gasteiger partial charge in [0.05, 0.1) is 6.54 Å². The number of aryl methyl sites for hydroxylation is 1. The zero-order valence-electron chi connectivity index (χ0n) is 14.0. The van der Waals surface area contributed by atoms with Gasteiger partial charge in [0.25, 0.3) is 0 Å². The molecule has 0 saturated carbocycles. The van der Waals surface area contributed by atoms with E-state index in [2.05, 4.69) is 52.1 Å². The standard InChI is InChI=1S/C16H26N4O.HI/c1-12-6-8-13(9-7-12)10-18-15(17-5)19-11-14(21)20-16(2,3)4;/h6-9H,10-11H2,1-5H3,(H,20,21)(H2,17,18,19);1H. The number of rotatable bonds is 4. The molecule has 1 rings (SSSR count). The van der Waals surface area contributed by atoms with Crippen molar-refractivity contribution in [2.24, 2.45) is 4.99 Å². The Morgan fingerprint density at radius 2 is 1.73 bits per heavy atom. The molecule has 0 aliphatic rings. The van der Waals surface area contributed by atoms with Crippen LogP contribution in [0.4, 0.5) is 0 Å². The number of nitrogens with one attached hydrogen (secondary N) is 3. The van der Waals surface area contributed by atoms with E-state index in [9.17, 15) is 4.79 Å². The van der Waals surface area contributed by atoms with Crippen molar-refractivity contribution >= 4 is 35.8 Å². The number of carbonyl (C=O) groups is 1. The van der Waals surface area contributed by atoms with E-state index in [1.165, 1.54) is 11.1 Å². The van der Waals surface area contributed by atoms with Gasteiger partial charge >= 0.3 is 0 Å². The van der Waals surface area contributed by atoms with Gasteiger partial charge in [0.1, 0.15) is 0 Å². The Hall–Kier alpha value is -1.31. The first-order valence-corrected chi connectivity index (χ1v) is 7.11. The fourth-order valence-corrected chi connectivity index (χ4v) is 1.74. The van der Waals surface area contributed by atoms with Crippen molar-refractivity contribution in [3.8, 4) is 0 Å². The van der Waals surface area contributed by atoms with Crippen molar-refractivity contribution in [1.82, 2.24) is 16.0 Å². The summed E-state index contributed by atoms with van der Waals surface area (Å²) in [4.78, 5) is 15.8. The van der Waals surface area contributed by atoms with Gasteiger partial charge in [-0.2, -0.15) is 0 Å². The molecule has 1 amide bonds. The third kappa shape index (κ3) is 8.86. The molecule has 0 atom stereocenters. The molecule has 0 bridgehead atoms. The van der Waals surface area contributed by atoms with Crippen molar-refractivity contribution in [2.75, 3.05) is 13.6 Å². The predicted octanol–water partition coefficient (Wildman–Crippen LogP) is 2.19. The molecule has 0 heterocycles. The fraction of sp³-hybridized carbons (Fsp3) is 0.500. The van der Waals surface area contributed by atoms with Crippen molar-refractivity contribution in [3.63, 3.8) is 0 Å². The number of hydrogen-bond acceptors (Lipinski definition) is 2. The molecule has 124 valence electrons. The first kappa shape index (κ1) is 20.7. The van der Waals surface area contributed by atoms with Gasteiger partial charge in [-0.15, -0.1) is 24.0 Å². The van der Waals surface area contributed by atoms with E-state index in [4.69, 9.17) is 0 Å². The molecule has 1 aromatic carbocycles. The van der Waals surface area contributed by atoms with Crippen LogP contribution in [0, 0.1) is 6.92 Å². The second-order valence-corrected chi connectivity index (χ2v) is 6.06.